The van der Waals surface area contributed by atoms with E-state index in [1.165, 1.54) is 0 Å². The van der Waals surface area contributed by atoms with Gasteiger partial charge in [0.2, 0.25) is 0 Å². The molecule has 1 amide bonds. The lowest BCUT2D eigenvalue weighted by Crippen LogP contribution is -2.36. The number of likely N-dealkylation sites (tertiary alicyclic amines) is 1. The number of pyridine rings is 1. The first-order chi connectivity index (χ1) is 15.2. The van der Waals surface area contributed by atoms with E-state index in [4.69, 9.17) is 22.8 Å². The zero-order chi connectivity index (χ0) is 22.5. The molecule has 4 fully saturated rings. The molecule has 5 nitrogen and oxygen atoms in total. The Balaban J connectivity index is 1.42. The molecule has 2 aromatic rings. The maximum atomic E-state index is 15.4. The van der Waals surface area contributed by atoms with E-state index in [9.17, 15) is 4.79 Å². The fourth-order valence-electron chi connectivity index (χ4n) is 5.64. The predicted molar refractivity (Wildman–Crippen MR) is 120 cm³/mol. The third kappa shape index (κ3) is 3.04. The molecule has 0 radical (unpaired) electrons. The van der Waals surface area contributed by atoms with Gasteiger partial charge in [-0.25, -0.2) is 14.2 Å². The minimum Gasteiger partial charge on any atom is -0.444 e. The van der Waals surface area contributed by atoms with Gasteiger partial charge < -0.3 is 14.2 Å². The van der Waals surface area contributed by atoms with Crippen molar-refractivity contribution in [3.8, 4) is 12.3 Å². The average molecular weight is 456 g/mol. The summed E-state index contributed by atoms with van der Waals surface area (Å²) >= 11 is 6.26. The molecule has 0 aromatic carbocycles. The highest BCUT2D eigenvalue weighted by atomic mass is 35.5. The number of carbonyl (C=O) groups excluding carboxylic acids is 1. The van der Waals surface area contributed by atoms with Crippen LogP contribution in [-0.4, -0.2) is 39.2 Å². The van der Waals surface area contributed by atoms with Crippen LogP contribution in [0.25, 0.3) is 10.9 Å². The predicted octanol–water partition coefficient (Wildman–Crippen LogP) is 5.60. The number of nitrogens with zero attached hydrogens (tertiary/aromatic N) is 3. The van der Waals surface area contributed by atoms with Gasteiger partial charge in [0, 0.05) is 30.4 Å². The van der Waals surface area contributed by atoms with Crippen LogP contribution in [0.2, 0.25) is 5.15 Å². The van der Waals surface area contributed by atoms with Gasteiger partial charge in [-0.2, -0.15) is 0 Å². The van der Waals surface area contributed by atoms with Crippen molar-refractivity contribution in [1.82, 2.24) is 14.5 Å². The highest BCUT2D eigenvalue weighted by Crippen LogP contribution is 2.62. The molecule has 168 valence electrons. The Morgan fingerprint density at radius 2 is 1.88 bits per heavy atom. The van der Waals surface area contributed by atoms with E-state index in [1.54, 1.807) is 4.90 Å². The number of halogens is 2. The minimum atomic E-state index is -0.515. The average Bonchev–Trinajstić information content (AvgIpc) is 3.65. The lowest BCUT2D eigenvalue weighted by molar-refractivity contribution is 0.0271. The van der Waals surface area contributed by atoms with Crippen LogP contribution >= 0.6 is 11.6 Å². The molecular weight excluding hydrogens is 429 g/mol. The van der Waals surface area contributed by atoms with Crippen LogP contribution in [0.3, 0.4) is 0 Å². The quantitative estimate of drug-likeness (QED) is 0.447. The molecule has 0 N–H and O–H groups in total. The summed E-state index contributed by atoms with van der Waals surface area (Å²) in [6, 6.07) is 0.231. The van der Waals surface area contributed by atoms with Gasteiger partial charge in [-0.3, -0.25) is 0 Å². The Hall–Kier alpha value is -2.26. The molecule has 3 heterocycles. The summed E-state index contributed by atoms with van der Waals surface area (Å²) in [5.41, 5.74) is 2.80. The molecule has 2 atom stereocenters. The summed E-state index contributed by atoms with van der Waals surface area (Å²) < 4.78 is 23.0. The lowest BCUT2D eigenvalue weighted by atomic mass is 9.99. The summed E-state index contributed by atoms with van der Waals surface area (Å²) in [5, 5.41) is 0.846. The van der Waals surface area contributed by atoms with Gasteiger partial charge in [0.25, 0.3) is 0 Å². The van der Waals surface area contributed by atoms with Crippen LogP contribution in [0.5, 0.6) is 0 Å². The Bertz CT molecular complexity index is 1190. The second-order valence-corrected chi connectivity index (χ2v) is 11.2. The number of hydrogen-bond acceptors (Lipinski definition) is 3. The van der Waals surface area contributed by atoms with E-state index in [0.717, 1.165) is 48.0 Å². The number of terminal acetylenes is 1. The molecule has 7 heteroatoms. The molecule has 2 aromatic heterocycles. The van der Waals surface area contributed by atoms with Crippen molar-refractivity contribution in [2.75, 3.05) is 13.1 Å². The molecular formula is C25H27ClFN3O2. The summed E-state index contributed by atoms with van der Waals surface area (Å²) in [6.45, 7) is 6.92. The second-order valence-electron chi connectivity index (χ2n) is 10.8. The van der Waals surface area contributed by atoms with E-state index in [0.29, 0.717) is 36.4 Å². The number of carbonyl (C=O) groups is 1. The standard InChI is InChI=1S/C25H27ClFN3O2/c1-5-16-18(17-14-10-29(11-15(14)17)24(31)32-25(2,3)4)19-21(12-6-7-12)28-23(26)20(27)22(19)30(16)13-8-9-13/h1,12-15,17H,6-11H2,2-4H3. The zero-order valence-electron chi connectivity index (χ0n) is 18.6. The zero-order valence-corrected chi connectivity index (χ0v) is 19.4. The summed E-state index contributed by atoms with van der Waals surface area (Å²) in [6.07, 6.45) is 9.87. The summed E-state index contributed by atoms with van der Waals surface area (Å²) in [7, 11) is 0. The van der Waals surface area contributed by atoms with Crippen LogP contribution in [0, 0.1) is 30.0 Å². The van der Waals surface area contributed by atoms with E-state index in [-0.39, 0.29) is 23.2 Å². The van der Waals surface area contributed by atoms with Gasteiger partial charge in [-0.15, -0.1) is 6.42 Å². The molecule has 1 saturated heterocycles. The van der Waals surface area contributed by atoms with Gasteiger partial charge in [0.1, 0.15) is 5.60 Å². The first-order valence-corrected chi connectivity index (χ1v) is 11.9. The number of rotatable bonds is 3. The van der Waals surface area contributed by atoms with Gasteiger partial charge in [0.05, 0.1) is 16.9 Å². The number of ether oxygens (including phenoxy) is 1. The van der Waals surface area contributed by atoms with Crippen molar-refractivity contribution in [2.45, 2.75) is 69.9 Å². The molecule has 32 heavy (non-hydrogen) atoms. The van der Waals surface area contributed by atoms with Crippen molar-refractivity contribution in [3.63, 3.8) is 0 Å². The number of aromatic nitrogens is 2. The van der Waals surface area contributed by atoms with Crippen molar-refractivity contribution < 1.29 is 13.9 Å². The Labute approximate surface area is 192 Å². The third-order valence-electron chi connectivity index (χ3n) is 7.30. The topological polar surface area (TPSA) is 47.4 Å². The van der Waals surface area contributed by atoms with Crippen LogP contribution < -0.4 is 0 Å². The largest absolute Gasteiger partial charge is 0.444 e. The van der Waals surface area contributed by atoms with Crippen molar-refractivity contribution in [1.29, 1.82) is 0 Å². The van der Waals surface area contributed by atoms with Crippen LogP contribution in [0.4, 0.5) is 9.18 Å². The van der Waals surface area contributed by atoms with Crippen LogP contribution in [0.1, 0.15) is 81.3 Å². The normalized spacial score (nSPS) is 26.9. The number of piperidine rings is 1. The van der Waals surface area contributed by atoms with Crippen molar-refractivity contribution >= 4 is 28.6 Å². The summed E-state index contributed by atoms with van der Waals surface area (Å²) in [5.74, 6) is 3.63. The summed E-state index contributed by atoms with van der Waals surface area (Å²) in [4.78, 5) is 18.8. The SMILES string of the molecule is C#Cc1c(C2C3CN(C(=O)OC(C)(C)C)CC32)c2c(C3CC3)nc(Cl)c(F)c2n1C1CC1. The smallest absolute Gasteiger partial charge is 0.410 e. The molecule has 3 aliphatic carbocycles. The van der Waals surface area contributed by atoms with E-state index in [2.05, 4.69) is 10.9 Å². The molecule has 4 aliphatic rings. The highest BCUT2D eigenvalue weighted by molar-refractivity contribution is 6.30. The van der Waals surface area contributed by atoms with Gasteiger partial charge >= 0.3 is 6.09 Å². The van der Waals surface area contributed by atoms with E-state index >= 15 is 4.39 Å². The highest BCUT2D eigenvalue weighted by Gasteiger charge is 2.59. The Morgan fingerprint density at radius 1 is 1.22 bits per heavy atom. The number of amides is 1. The second kappa shape index (κ2) is 6.63. The third-order valence-corrected chi connectivity index (χ3v) is 7.55. The molecule has 6 rings (SSSR count). The van der Waals surface area contributed by atoms with Gasteiger partial charge in [-0.1, -0.05) is 17.5 Å². The molecule has 0 spiro atoms. The lowest BCUT2D eigenvalue weighted by Gasteiger charge is -2.26. The Morgan fingerprint density at radius 3 is 2.41 bits per heavy atom. The monoisotopic (exact) mass is 455 g/mol. The molecule has 0 bridgehead atoms. The Kier molecular flexibility index (Phi) is 4.22. The molecule has 1 aliphatic heterocycles. The maximum absolute atomic E-state index is 15.4. The van der Waals surface area contributed by atoms with E-state index in [1.807, 2.05) is 25.3 Å². The first kappa shape index (κ1) is 20.4. The van der Waals surface area contributed by atoms with Gasteiger partial charge in [0.15, 0.2) is 11.0 Å². The van der Waals surface area contributed by atoms with E-state index < -0.39 is 11.4 Å². The molecule has 2 unspecified atom stereocenters. The molecule has 3 saturated carbocycles. The number of hydrogen-bond donors (Lipinski definition) is 0. The first-order valence-electron chi connectivity index (χ1n) is 11.6. The number of fused-ring (bicyclic) bond motifs is 2. The van der Waals surface area contributed by atoms with Crippen LogP contribution in [0.15, 0.2) is 0 Å². The van der Waals surface area contributed by atoms with Gasteiger partial charge in [-0.05, 0) is 69.8 Å². The van der Waals surface area contributed by atoms with Crippen molar-refractivity contribution in [2.24, 2.45) is 11.8 Å². The van der Waals surface area contributed by atoms with Crippen LogP contribution in [-0.2, 0) is 4.74 Å². The fourth-order valence-corrected chi connectivity index (χ4v) is 5.82. The fraction of sp³-hybridized carbons (Fsp3) is 0.600. The maximum Gasteiger partial charge on any atom is 0.410 e. The minimum absolute atomic E-state index is 0.0546. The van der Waals surface area contributed by atoms with Crippen molar-refractivity contribution in [3.05, 3.63) is 27.9 Å².